The number of carbonyl (C=O) groups excluding carboxylic acids is 1. The highest BCUT2D eigenvalue weighted by molar-refractivity contribution is 7.91. The average Bonchev–Trinajstić information content (AvgIpc) is 3.00. The van der Waals surface area contributed by atoms with Crippen molar-refractivity contribution in [3.8, 4) is 0 Å². The normalized spacial score (nSPS) is 24.4. The Labute approximate surface area is 160 Å². The van der Waals surface area contributed by atoms with Gasteiger partial charge in [0.15, 0.2) is 9.84 Å². The van der Waals surface area contributed by atoms with Gasteiger partial charge in [-0.25, -0.2) is 8.42 Å². The standard InChI is InChI=1S/C18H26ClN3O3S/c1-14(18(23)20(2)17-6-11-26(24,25)13-17)21-7-9-22(10-8-21)16-5-3-4-15(19)12-16/h3-5,12,14,17H,6-11,13H2,1-2H3. The molecule has 0 bridgehead atoms. The van der Waals surface area contributed by atoms with Gasteiger partial charge in [-0.1, -0.05) is 17.7 Å². The number of hydrogen-bond donors (Lipinski definition) is 0. The van der Waals surface area contributed by atoms with Crippen molar-refractivity contribution in [1.82, 2.24) is 9.80 Å². The van der Waals surface area contributed by atoms with E-state index in [2.05, 4.69) is 9.80 Å². The van der Waals surface area contributed by atoms with Crippen molar-refractivity contribution in [1.29, 1.82) is 0 Å². The van der Waals surface area contributed by atoms with Gasteiger partial charge in [0.05, 0.1) is 17.5 Å². The molecule has 0 saturated carbocycles. The van der Waals surface area contributed by atoms with Gasteiger partial charge < -0.3 is 9.80 Å². The van der Waals surface area contributed by atoms with Gasteiger partial charge in [-0.3, -0.25) is 9.69 Å². The number of carbonyl (C=O) groups is 1. The number of halogens is 1. The number of piperazine rings is 1. The Bertz CT molecular complexity index is 763. The molecule has 2 aliphatic rings. The number of rotatable bonds is 4. The second-order valence-electron chi connectivity index (χ2n) is 7.18. The van der Waals surface area contributed by atoms with Crippen LogP contribution >= 0.6 is 11.6 Å². The molecule has 2 atom stereocenters. The zero-order valence-electron chi connectivity index (χ0n) is 15.3. The van der Waals surface area contributed by atoms with E-state index in [-0.39, 0.29) is 29.5 Å². The smallest absolute Gasteiger partial charge is 0.239 e. The lowest BCUT2D eigenvalue weighted by atomic mass is 10.1. The van der Waals surface area contributed by atoms with Gasteiger partial charge in [0, 0.05) is 50.0 Å². The number of benzene rings is 1. The number of anilines is 1. The summed E-state index contributed by atoms with van der Waals surface area (Å²) >= 11 is 6.07. The zero-order chi connectivity index (χ0) is 18.9. The maximum absolute atomic E-state index is 12.8. The van der Waals surface area contributed by atoms with Crippen molar-refractivity contribution in [2.75, 3.05) is 49.6 Å². The Balaban J connectivity index is 1.56. The summed E-state index contributed by atoms with van der Waals surface area (Å²) in [6.45, 7) is 5.16. The Kier molecular flexibility index (Phi) is 5.79. The fraction of sp³-hybridized carbons (Fsp3) is 0.611. The molecule has 6 nitrogen and oxygen atoms in total. The van der Waals surface area contributed by atoms with Crippen molar-refractivity contribution in [2.24, 2.45) is 0 Å². The van der Waals surface area contributed by atoms with E-state index in [0.717, 1.165) is 36.9 Å². The molecule has 1 aromatic rings. The molecule has 2 fully saturated rings. The van der Waals surface area contributed by atoms with Gasteiger partial charge in [0.1, 0.15) is 0 Å². The van der Waals surface area contributed by atoms with Gasteiger partial charge in [0.2, 0.25) is 5.91 Å². The third-order valence-corrected chi connectivity index (χ3v) is 7.48. The predicted molar refractivity (Wildman–Crippen MR) is 105 cm³/mol. The van der Waals surface area contributed by atoms with Crippen molar-refractivity contribution >= 4 is 33.0 Å². The Hall–Kier alpha value is -1.31. The minimum Gasteiger partial charge on any atom is -0.369 e. The highest BCUT2D eigenvalue weighted by atomic mass is 35.5. The van der Waals surface area contributed by atoms with E-state index in [0.29, 0.717) is 6.42 Å². The Morgan fingerprint density at radius 1 is 1.27 bits per heavy atom. The first-order valence-corrected chi connectivity index (χ1v) is 11.2. The van der Waals surface area contributed by atoms with Crippen LogP contribution in [0.25, 0.3) is 0 Å². The van der Waals surface area contributed by atoms with Gasteiger partial charge in [0.25, 0.3) is 0 Å². The predicted octanol–water partition coefficient (Wildman–Crippen LogP) is 1.50. The SMILES string of the molecule is CC(C(=O)N(C)C1CCS(=O)(=O)C1)N1CCN(c2cccc(Cl)c2)CC1. The number of nitrogens with zero attached hydrogens (tertiary/aromatic N) is 3. The van der Waals surface area contributed by atoms with Gasteiger partial charge in [-0.05, 0) is 31.5 Å². The van der Waals surface area contributed by atoms with E-state index in [1.807, 2.05) is 31.2 Å². The molecule has 2 saturated heterocycles. The van der Waals surface area contributed by atoms with Crippen molar-refractivity contribution in [2.45, 2.75) is 25.4 Å². The lowest BCUT2D eigenvalue weighted by Crippen LogP contribution is -2.55. The van der Waals surface area contributed by atoms with Gasteiger partial charge in [-0.2, -0.15) is 0 Å². The molecule has 2 aliphatic heterocycles. The van der Waals surface area contributed by atoms with E-state index in [1.165, 1.54) is 0 Å². The molecule has 144 valence electrons. The summed E-state index contributed by atoms with van der Waals surface area (Å²) in [5.74, 6) is 0.273. The molecule has 1 amide bonds. The highest BCUT2D eigenvalue weighted by Gasteiger charge is 2.35. The van der Waals surface area contributed by atoms with Gasteiger partial charge in [-0.15, -0.1) is 0 Å². The quantitative estimate of drug-likeness (QED) is 0.767. The molecular weight excluding hydrogens is 374 g/mol. The molecule has 0 N–H and O–H groups in total. The summed E-state index contributed by atoms with van der Waals surface area (Å²) in [7, 11) is -1.26. The fourth-order valence-electron chi connectivity index (χ4n) is 3.75. The van der Waals surface area contributed by atoms with Crippen molar-refractivity contribution in [3.05, 3.63) is 29.3 Å². The van der Waals surface area contributed by atoms with Crippen LogP contribution in [0, 0.1) is 0 Å². The van der Waals surface area contributed by atoms with Crippen LogP contribution < -0.4 is 4.90 Å². The average molecular weight is 400 g/mol. The highest BCUT2D eigenvalue weighted by Crippen LogP contribution is 2.22. The monoisotopic (exact) mass is 399 g/mol. The summed E-state index contributed by atoms with van der Waals surface area (Å²) in [6.07, 6.45) is 0.542. The van der Waals surface area contributed by atoms with E-state index in [1.54, 1.807) is 11.9 Å². The molecule has 0 spiro atoms. The number of likely N-dealkylation sites (N-methyl/N-ethyl adjacent to an activating group) is 1. The second-order valence-corrected chi connectivity index (χ2v) is 9.85. The molecular formula is C18H26ClN3O3S. The Morgan fingerprint density at radius 3 is 2.54 bits per heavy atom. The number of amides is 1. The summed E-state index contributed by atoms with van der Waals surface area (Å²) in [6, 6.07) is 7.37. The zero-order valence-corrected chi connectivity index (χ0v) is 16.8. The molecule has 1 aromatic carbocycles. The van der Waals surface area contributed by atoms with Crippen LogP contribution in [-0.2, 0) is 14.6 Å². The number of sulfone groups is 1. The van der Waals surface area contributed by atoms with Gasteiger partial charge >= 0.3 is 0 Å². The maximum Gasteiger partial charge on any atom is 0.239 e. The third kappa shape index (κ3) is 4.32. The molecule has 2 unspecified atom stereocenters. The first kappa shape index (κ1) is 19.5. The lowest BCUT2D eigenvalue weighted by molar-refractivity contribution is -0.136. The summed E-state index contributed by atoms with van der Waals surface area (Å²) in [5.41, 5.74) is 1.10. The summed E-state index contributed by atoms with van der Waals surface area (Å²) < 4.78 is 23.3. The molecule has 26 heavy (non-hydrogen) atoms. The fourth-order valence-corrected chi connectivity index (χ4v) is 5.71. The van der Waals surface area contributed by atoms with Crippen molar-refractivity contribution < 1.29 is 13.2 Å². The largest absolute Gasteiger partial charge is 0.369 e. The first-order chi connectivity index (χ1) is 12.3. The molecule has 0 radical (unpaired) electrons. The molecule has 3 rings (SSSR count). The van der Waals surface area contributed by atoms with E-state index < -0.39 is 9.84 Å². The van der Waals surface area contributed by atoms with E-state index in [4.69, 9.17) is 11.6 Å². The third-order valence-electron chi connectivity index (χ3n) is 5.50. The van der Waals surface area contributed by atoms with Crippen molar-refractivity contribution in [3.63, 3.8) is 0 Å². The molecule has 0 aliphatic carbocycles. The minimum atomic E-state index is -2.99. The van der Waals surface area contributed by atoms with Crippen LogP contribution in [-0.4, -0.2) is 80.9 Å². The van der Waals surface area contributed by atoms with E-state index >= 15 is 0 Å². The summed E-state index contributed by atoms with van der Waals surface area (Å²) in [5, 5.41) is 0.724. The lowest BCUT2D eigenvalue weighted by Gasteiger charge is -2.40. The molecule has 8 heteroatoms. The topological polar surface area (TPSA) is 60.9 Å². The first-order valence-electron chi connectivity index (χ1n) is 8.98. The number of hydrogen-bond acceptors (Lipinski definition) is 5. The summed E-state index contributed by atoms with van der Waals surface area (Å²) in [4.78, 5) is 18.9. The second kappa shape index (κ2) is 7.74. The molecule has 2 heterocycles. The van der Waals surface area contributed by atoms with Crippen LogP contribution in [0.2, 0.25) is 5.02 Å². The van der Waals surface area contributed by atoms with Crippen LogP contribution in [0.1, 0.15) is 13.3 Å². The minimum absolute atomic E-state index is 0.00306. The van der Waals surface area contributed by atoms with E-state index in [9.17, 15) is 13.2 Å². The maximum atomic E-state index is 12.8. The van der Waals surface area contributed by atoms with Crippen LogP contribution in [0.4, 0.5) is 5.69 Å². The van der Waals surface area contributed by atoms with Crippen LogP contribution in [0.15, 0.2) is 24.3 Å². The molecule has 0 aromatic heterocycles. The Morgan fingerprint density at radius 2 is 1.96 bits per heavy atom. The van der Waals surface area contributed by atoms with Crippen LogP contribution in [0.3, 0.4) is 0 Å². The van der Waals surface area contributed by atoms with Crippen LogP contribution in [0.5, 0.6) is 0 Å².